The van der Waals surface area contributed by atoms with E-state index in [0.29, 0.717) is 12.0 Å². The Kier molecular flexibility index (Phi) is 3.54. The van der Waals surface area contributed by atoms with Gasteiger partial charge in [0.05, 0.1) is 6.07 Å². The van der Waals surface area contributed by atoms with Gasteiger partial charge in [-0.25, -0.2) is 0 Å². The van der Waals surface area contributed by atoms with Gasteiger partial charge in [0.2, 0.25) is 0 Å². The fraction of sp³-hybridized carbons (Fsp3) is 0.278. The lowest BCUT2D eigenvalue weighted by Crippen LogP contribution is -2.59. The molecule has 2 heteroatoms. The summed E-state index contributed by atoms with van der Waals surface area (Å²) in [5.74, 6) is 0.324. The largest absolute Gasteiger partial charge is 0.280 e. The summed E-state index contributed by atoms with van der Waals surface area (Å²) in [5, 5.41) is 9.49. The molecule has 0 amide bonds. The molecule has 0 aliphatic carbocycles. The first-order chi connectivity index (χ1) is 9.81. The topological polar surface area (TPSA) is 27.0 Å². The molecule has 0 unspecified atom stereocenters. The molecule has 0 saturated carbocycles. The third-order valence-corrected chi connectivity index (χ3v) is 4.27. The minimum atomic E-state index is -0.0207. The minimum Gasteiger partial charge on any atom is -0.280 e. The third kappa shape index (κ3) is 2.21. The zero-order chi connectivity index (χ0) is 13.9. The standard InChI is InChI=1S/C18H18N2/c1-14-18(16-10-6-3-7-11-16)17(12-19)20(14)13-15-8-4-2-5-9-15/h2-11,14,17-18H,13H2,1H3/t14-,17-,18+/m0/s1. The zero-order valence-electron chi connectivity index (χ0n) is 11.6. The number of benzene rings is 2. The number of nitrogens with zero attached hydrogens (tertiary/aromatic N) is 2. The Labute approximate surface area is 120 Å². The average molecular weight is 262 g/mol. The Morgan fingerprint density at radius 2 is 1.60 bits per heavy atom. The molecule has 2 aromatic rings. The predicted octanol–water partition coefficient (Wildman–Crippen LogP) is 3.57. The van der Waals surface area contributed by atoms with Crippen molar-refractivity contribution in [3.8, 4) is 6.07 Å². The number of nitriles is 1. The minimum absolute atomic E-state index is 0.0207. The maximum atomic E-state index is 9.49. The van der Waals surface area contributed by atoms with Crippen LogP contribution in [-0.4, -0.2) is 17.0 Å². The summed E-state index contributed by atoms with van der Waals surface area (Å²) in [6.07, 6.45) is 0. The van der Waals surface area contributed by atoms with Gasteiger partial charge < -0.3 is 0 Å². The zero-order valence-corrected chi connectivity index (χ0v) is 11.6. The van der Waals surface area contributed by atoms with Crippen molar-refractivity contribution in [2.75, 3.05) is 0 Å². The third-order valence-electron chi connectivity index (χ3n) is 4.27. The number of rotatable bonds is 3. The van der Waals surface area contributed by atoms with Gasteiger partial charge in [-0.15, -0.1) is 0 Å². The molecular weight excluding hydrogens is 244 g/mol. The predicted molar refractivity (Wildman–Crippen MR) is 80.0 cm³/mol. The van der Waals surface area contributed by atoms with Crippen LogP contribution in [0, 0.1) is 11.3 Å². The van der Waals surface area contributed by atoms with Gasteiger partial charge in [0.1, 0.15) is 6.04 Å². The van der Waals surface area contributed by atoms with Crippen LogP contribution in [0.4, 0.5) is 0 Å². The Bertz CT molecular complexity index is 600. The summed E-state index contributed by atoms with van der Waals surface area (Å²) in [6, 6.07) is 23.6. The maximum Gasteiger partial charge on any atom is 0.107 e. The maximum absolute atomic E-state index is 9.49. The molecule has 100 valence electrons. The second-order valence-corrected chi connectivity index (χ2v) is 5.41. The number of hydrogen-bond donors (Lipinski definition) is 0. The van der Waals surface area contributed by atoms with Crippen LogP contribution in [0.2, 0.25) is 0 Å². The summed E-state index contributed by atoms with van der Waals surface area (Å²) in [7, 11) is 0. The van der Waals surface area contributed by atoms with Gasteiger partial charge in [0.25, 0.3) is 0 Å². The van der Waals surface area contributed by atoms with E-state index < -0.39 is 0 Å². The fourth-order valence-corrected chi connectivity index (χ4v) is 3.16. The Morgan fingerprint density at radius 1 is 1.00 bits per heavy atom. The van der Waals surface area contributed by atoms with Crippen LogP contribution in [-0.2, 0) is 6.54 Å². The first-order valence-electron chi connectivity index (χ1n) is 7.05. The van der Waals surface area contributed by atoms with Gasteiger partial charge in [-0.2, -0.15) is 5.26 Å². The quantitative estimate of drug-likeness (QED) is 0.845. The molecule has 0 radical (unpaired) electrons. The molecule has 2 aromatic carbocycles. The molecule has 3 rings (SSSR count). The van der Waals surface area contributed by atoms with E-state index in [1.165, 1.54) is 11.1 Å². The van der Waals surface area contributed by atoms with Crippen LogP contribution >= 0.6 is 0 Å². The molecule has 1 aliphatic heterocycles. The van der Waals surface area contributed by atoms with Crippen molar-refractivity contribution in [1.82, 2.24) is 4.90 Å². The van der Waals surface area contributed by atoms with Crippen molar-refractivity contribution < 1.29 is 0 Å². The van der Waals surface area contributed by atoms with Gasteiger partial charge in [-0.3, -0.25) is 4.90 Å². The molecule has 1 saturated heterocycles. The molecule has 2 nitrogen and oxygen atoms in total. The number of hydrogen-bond acceptors (Lipinski definition) is 2. The Balaban J connectivity index is 1.78. The van der Waals surface area contributed by atoms with E-state index in [4.69, 9.17) is 0 Å². The molecule has 3 atom stereocenters. The highest BCUT2D eigenvalue weighted by Gasteiger charge is 2.46. The monoisotopic (exact) mass is 262 g/mol. The highest BCUT2D eigenvalue weighted by atomic mass is 15.3. The summed E-state index contributed by atoms with van der Waals surface area (Å²) in [4.78, 5) is 2.28. The SMILES string of the molecule is C[C@H]1[C@H](c2ccccc2)[C@H](C#N)N1Cc1ccccc1. The second kappa shape index (κ2) is 5.48. The second-order valence-electron chi connectivity index (χ2n) is 5.41. The number of likely N-dealkylation sites (tertiary alicyclic amines) is 1. The fourth-order valence-electron chi connectivity index (χ4n) is 3.16. The highest BCUT2D eigenvalue weighted by Crippen LogP contribution is 2.40. The molecule has 20 heavy (non-hydrogen) atoms. The van der Waals surface area contributed by atoms with E-state index in [1.807, 2.05) is 12.1 Å². The molecule has 0 bridgehead atoms. The molecule has 1 heterocycles. The van der Waals surface area contributed by atoms with E-state index in [0.717, 1.165) is 6.54 Å². The van der Waals surface area contributed by atoms with Crippen LogP contribution in [0.5, 0.6) is 0 Å². The van der Waals surface area contributed by atoms with Crippen molar-refractivity contribution in [3.05, 3.63) is 71.8 Å². The van der Waals surface area contributed by atoms with Crippen molar-refractivity contribution in [2.24, 2.45) is 0 Å². The van der Waals surface area contributed by atoms with Crippen LogP contribution in [0.15, 0.2) is 60.7 Å². The van der Waals surface area contributed by atoms with E-state index >= 15 is 0 Å². The lowest BCUT2D eigenvalue weighted by Gasteiger charge is -2.51. The van der Waals surface area contributed by atoms with E-state index in [-0.39, 0.29) is 6.04 Å². The van der Waals surface area contributed by atoms with Gasteiger partial charge in [0, 0.05) is 18.5 Å². The molecule has 0 N–H and O–H groups in total. The first-order valence-corrected chi connectivity index (χ1v) is 7.05. The van der Waals surface area contributed by atoms with Crippen molar-refractivity contribution in [1.29, 1.82) is 5.26 Å². The molecule has 1 aliphatic rings. The Hall–Kier alpha value is -2.11. The van der Waals surface area contributed by atoms with Gasteiger partial charge in [-0.05, 0) is 18.1 Å². The van der Waals surface area contributed by atoms with Crippen molar-refractivity contribution in [3.63, 3.8) is 0 Å². The summed E-state index contributed by atoms with van der Waals surface area (Å²) < 4.78 is 0. The van der Waals surface area contributed by atoms with E-state index in [2.05, 4.69) is 66.4 Å². The van der Waals surface area contributed by atoms with Gasteiger partial charge in [0.15, 0.2) is 0 Å². The lowest BCUT2D eigenvalue weighted by atomic mass is 9.76. The summed E-state index contributed by atoms with van der Waals surface area (Å²) in [5.41, 5.74) is 2.54. The van der Waals surface area contributed by atoms with Crippen molar-refractivity contribution >= 4 is 0 Å². The molecular formula is C18H18N2. The van der Waals surface area contributed by atoms with E-state index in [9.17, 15) is 5.26 Å². The van der Waals surface area contributed by atoms with E-state index in [1.54, 1.807) is 0 Å². The van der Waals surface area contributed by atoms with Crippen LogP contribution < -0.4 is 0 Å². The highest BCUT2D eigenvalue weighted by molar-refractivity contribution is 5.31. The van der Waals surface area contributed by atoms with Gasteiger partial charge >= 0.3 is 0 Å². The lowest BCUT2D eigenvalue weighted by molar-refractivity contribution is 0.0205. The average Bonchev–Trinajstić information content (AvgIpc) is 2.51. The molecule has 0 spiro atoms. The van der Waals surface area contributed by atoms with Crippen molar-refractivity contribution in [2.45, 2.75) is 31.5 Å². The van der Waals surface area contributed by atoms with Crippen LogP contribution in [0.25, 0.3) is 0 Å². The smallest absolute Gasteiger partial charge is 0.107 e. The summed E-state index contributed by atoms with van der Waals surface area (Å²) in [6.45, 7) is 3.07. The molecule has 0 aromatic heterocycles. The van der Waals surface area contributed by atoms with Crippen LogP contribution in [0.3, 0.4) is 0 Å². The summed E-state index contributed by atoms with van der Waals surface area (Å²) >= 11 is 0. The normalized spacial score (nSPS) is 25.7. The molecule has 1 fully saturated rings. The van der Waals surface area contributed by atoms with Crippen LogP contribution in [0.1, 0.15) is 24.0 Å². The Morgan fingerprint density at radius 3 is 2.20 bits per heavy atom. The first kappa shape index (κ1) is 12.9. The van der Waals surface area contributed by atoms with Gasteiger partial charge in [-0.1, -0.05) is 60.7 Å².